The predicted molar refractivity (Wildman–Crippen MR) is 69.7 cm³/mol. The van der Waals surface area contributed by atoms with Gasteiger partial charge in [-0.1, -0.05) is 27.2 Å². The normalized spacial score (nSPS) is 14.4. The van der Waals surface area contributed by atoms with Crippen molar-refractivity contribution in [1.29, 1.82) is 0 Å². The van der Waals surface area contributed by atoms with Crippen molar-refractivity contribution < 1.29 is 0 Å². The molecule has 2 heterocycles. The third-order valence-corrected chi connectivity index (χ3v) is 3.25. The van der Waals surface area contributed by atoms with Crippen LogP contribution in [0.5, 0.6) is 0 Å². The molecule has 0 amide bonds. The Morgan fingerprint density at radius 1 is 1.18 bits per heavy atom. The van der Waals surface area contributed by atoms with Gasteiger partial charge in [0.25, 0.3) is 0 Å². The van der Waals surface area contributed by atoms with Gasteiger partial charge < -0.3 is 5.32 Å². The molecule has 94 valence electrons. The summed E-state index contributed by atoms with van der Waals surface area (Å²) in [5.41, 5.74) is 3.88. The molecule has 1 aromatic rings. The second kappa shape index (κ2) is 5.58. The molecule has 0 aromatic carbocycles. The van der Waals surface area contributed by atoms with Crippen molar-refractivity contribution in [2.75, 3.05) is 0 Å². The van der Waals surface area contributed by atoms with Crippen molar-refractivity contribution in [3.63, 3.8) is 0 Å². The van der Waals surface area contributed by atoms with Gasteiger partial charge in [0.2, 0.25) is 0 Å². The summed E-state index contributed by atoms with van der Waals surface area (Å²) in [5.74, 6) is 1.77. The molecule has 0 saturated carbocycles. The van der Waals surface area contributed by atoms with Gasteiger partial charge in [-0.05, 0) is 18.8 Å². The summed E-state index contributed by atoms with van der Waals surface area (Å²) in [6, 6.07) is 0. The van der Waals surface area contributed by atoms with Crippen molar-refractivity contribution in [3.05, 3.63) is 22.8 Å². The third-order valence-electron chi connectivity index (χ3n) is 3.25. The number of rotatable bonds is 5. The molecule has 0 spiro atoms. The molecule has 0 unspecified atom stereocenters. The van der Waals surface area contributed by atoms with Crippen LogP contribution in [0, 0.1) is 5.92 Å². The van der Waals surface area contributed by atoms with Gasteiger partial charge in [-0.15, -0.1) is 0 Å². The van der Waals surface area contributed by atoms with E-state index in [1.165, 1.54) is 23.4 Å². The average molecular weight is 233 g/mol. The Morgan fingerprint density at radius 2 is 2.00 bits per heavy atom. The smallest absolute Gasteiger partial charge is 0.128 e. The maximum atomic E-state index is 4.75. The van der Waals surface area contributed by atoms with Gasteiger partial charge in [0.05, 0.1) is 5.69 Å². The van der Waals surface area contributed by atoms with E-state index in [1.54, 1.807) is 0 Å². The minimum atomic E-state index is 0.722. The highest BCUT2D eigenvalue weighted by molar-refractivity contribution is 5.29. The topological polar surface area (TPSA) is 37.8 Å². The van der Waals surface area contributed by atoms with Gasteiger partial charge in [0.15, 0.2) is 0 Å². The van der Waals surface area contributed by atoms with Crippen LogP contribution < -0.4 is 5.32 Å². The van der Waals surface area contributed by atoms with Crippen LogP contribution in [0.1, 0.15) is 56.4 Å². The van der Waals surface area contributed by atoms with Crippen LogP contribution in [0.4, 0.5) is 0 Å². The molecule has 0 aliphatic carbocycles. The molecule has 3 nitrogen and oxygen atoms in total. The zero-order valence-corrected chi connectivity index (χ0v) is 11.2. The highest BCUT2D eigenvalue weighted by Crippen LogP contribution is 2.19. The number of aromatic nitrogens is 2. The van der Waals surface area contributed by atoms with Crippen LogP contribution in [-0.4, -0.2) is 9.97 Å². The van der Waals surface area contributed by atoms with Crippen molar-refractivity contribution in [2.24, 2.45) is 5.92 Å². The number of aryl methyl sites for hydroxylation is 2. The molecule has 3 heteroatoms. The molecule has 1 aliphatic heterocycles. The number of fused-ring (bicyclic) bond motifs is 1. The van der Waals surface area contributed by atoms with Crippen LogP contribution in [0.3, 0.4) is 0 Å². The Bertz CT molecular complexity index is 385. The SMILES string of the molecule is CCCc1nc(CCC(C)C)nc2c1CNC2. The predicted octanol–water partition coefficient (Wildman–Crippen LogP) is 2.62. The Balaban J connectivity index is 2.20. The van der Waals surface area contributed by atoms with E-state index in [2.05, 4.69) is 26.1 Å². The summed E-state index contributed by atoms with van der Waals surface area (Å²) in [6.07, 6.45) is 4.44. The lowest BCUT2D eigenvalue weighted by Gasteiger charge is -2.09. The molecule has 0 atom stereocenters. The Kier molecular flexibility index (Phi) is 4.11. The fourth-order valence-corrected chi connectivity index (χ4v) is 2.27. The zero-order chi connectivity index (χ0) is 12.3. The summed E-state index contributed by atoms with van der Waals surface area (Å²) in [5, 5.41) is 3.38. The molecule has 1 aromatic heterocycles. The second-order valence-electron chi connectivity index (χ2n) is 5.30. The molecule has 0 fully saturated rings. The zero-order valence-electron chi connectivity index (χ0n) is 11.2. The van der Waals surface area contributed by atoms with E-state index in [9.17, 15) is 0 Å². The first-order valence-corrected chi connectivity index (χ1v) is 6.79. The Labute approximate surface area is 104 Å². The van der Waals surface area contributed by atoms with Crippen molar-refractivity contribution in [3.8, 4) is 0 Å². The van der Waals surface area contributed by atoms with Gasteiger partial charge in [-0.25, -0.2) is 9.97 Å². The fraction of sp³-hybridized carbons (Fsp3) is 0.714. The molecular weight excluding hydrogens is 210 g/mol. The first kappa shape index (κ1) is 12.5. The minimum absolute atomic E-state index is 0.722. The van der Waals surface area contributed by atoms with E-state index in [1.807, 2.05) is 0 Å². The summed E-state index contributed by atoms with van der Waals surface area (Å²) in [6.45, 7) is 8.59. The molecule has 17 heavy (non-hydrogen) atoms. The first-order valence-electron chi connectivity index (χ1n) is 6.79. The summed E-state index contributed by atoms with van der Waals surface area (Å²) >= 11 is 0. The maximum Gasteiger partial charge on any atom is 0.128 e. The highest BCUT2D eigenvalue weighted by atomic mass is 15.0. The van der Waals surface area contributed by atoms with E-state index in [0.717, 1.165) is 44.1 Å². The molecular formula is C14H23N3. The van der Waals surface area contributed by atoms with Gasteiger partial charge in [-0.2, -0.15) is 0 Å². The van der Waals surface area contributed by atoms with E-state index < -0.39 is 0 Å². The standard InChI is InChI=1S/C14H23N3/c1-4-5-12-11-8-15-9-13(11)17-14(16-12)7-6-10(2)3/h10,15H,4-9H2,1-3H3. The quantitative estimate of drug-likeness (QED) is 0.849. The first-order chi connectivity index (χ1) is 8.20. The fourth-order valence-electron chi connectivity index (χ4n) is 2.27. The summed E-state index contributed by atoms with van der Waals surface area (Å²) in [7, 11) is 0. The van der Waals surface area contributed by atoms with E-state index in [-0.39, 0.29) is 0 Å². The van der Waals surface area contributed by atoms with Gasteiger partial charge in [0.1, 0.15) is 5.82 Å². The monoisotopic (exact) mass is 233 g/mol. The Morgan fingerprint density at radius 3 is 2.71 bits per heavy atom. The molecule has 0 bridgehead atoms. The summed E-state index contributed by atoms with van der Waals surface area (Å²) in [4.78, 5) is 9.45. The van der Waals surface area contributed by atoms with Gasteiger partial charge >= 0.3 is 0 Å². The van der Waals surface area contributed by atoms with Crippen LogP contribution in [-0.2, 0) is 25.9 Å². The van der Waals surface area contributed by atoms with E-state index >= 15 is 0 Å². The number of hydrogen-bond acceptors (Lipinski definition) is 3. The lowest BCUT2D eigenvalue weighted by atomic mass is 10.1. The molecule has 0 radical (unpaired) electrons. The molecule has 0 saturated heterocycles. The maximum absolute atomic E-state index is 4.75. The van der Waals surface area contributed by atoms with Crippen molar-refractivity contribution >= 4 is 0 Å². The second-order valence-corrected chi connectivity index (χ2v) is 5.30. The van der Waals surface area contributed by atoms with Gasteiger partial charge in [-0.3, -0.25) is 0 Å². The van der Waals surface area contributed by atoms with Crippen LogP contribution in [0.2, 0.25) is 0 Å². The summed E-state index contributed by atoms with van der Waals surface area (Å²) < 4.78 is 0. The lowest BCUT2D eigenvalue weighted by Crippen LogP contribution is -2.07. The minimum Gasteiger partial charge on any atom is -0.307 e. The number of nitrogens with zero attached hydrogens (tertiary/aromatic N) is 2. The molecule has 1 aliphatic rings. The average Bonchev–Trinajstić information content (AvgIpc) is 2.75. The molecule has 2 rings (SSSR count). The van der Waals surface area contributed by atoms with Gasteiger partial charge in [0, 0.05) is 30.8 Å². The Hall–Kier alpha value is -0.960. The molecule has 1 N–H and O–H groups in total. The van der Waals surface area contributed by atoms with Crippen molar-refractivity contribution in [1.82, 2.24) is 15.3 Å². The van der Waals surface area contributed by atoms with Crippen molar-refractivity contribution in [2.45, 2.75) is 59.5 Å². The van der Waals surface area contributed by atoms with E-state index in [4.69, 9.17) is 9.97 Å². The number of hydrogen-bond donors (Lipinski definition) is 1. The number of nitrogens with one attached hydrogen (secondary N) is 1. The van der Waals surface area contributed by atoms with Crippen LogP contribution >= 0.6 is 0 Å². The highest BCUT2D eigenvalue weighted by Gasteiger charge is 2.18. The van der Waals surface area contributed by atoms with Crippen LogP contribution in [0.25, 0.3) is 0 Å². The van der Waals surface area contributed by atoms with E-state index in [0.29, 0.717) is 0 Å². The lowest BCUT2D eigenvalue weighted by molar-refractivity contribution is 0.571. The van der Waals surface area contributed by atoms with Crippen LogP contribution in [0.15, 0.2) is 0 Å². The largest absolute Gasteiger partial charge is 0.307 e. The third kappa shape index (κ3) is 3.03.